The van der Waals surface area contributed by atoms with Gasteiger partial charge in [-0.05, 0) is 50.9 Å². The second kappa shape index (κ2) is 11.3. The van der Waals surface area contributed by atoms with Crippen molar-refractivity contribution < 1.29 is 14.4 Å². The number of carbonyl (C=O) groups excluding carboxylic acids is 3. The molecular formula is C20H30N4O3. The molecule has 7 heteroatoms. The molecule has 0 aromatic heterocycles. The molecule has 148 valence electrons. The maximum absolute atomic E-state index is 11.9. The lowest BCUT2D eigenvalue weighted by Crippen LogP contribution is -2.42. The molecule has 0 aliphatic carbocycles. The Kier molecular flexibility index (Phi) is 8.77. The van der Waals surface area contributed by atoms with Gasteiger partial charge in [-0.1, -0.05) is 18.2 Å². The number of hydrogen-bond acceptors (Lipinski definition) is 4. The summed E-state index contributed by atoms with van der Waals surface area (Å²) >= 11 is 0. The van der Waals surface area contributed by atoms with Crippen LogP contribution >= 0.6 is 0 Å². The van der Waals surface area contributed by atoms with Crippen molar-refractivity contribution in [3.8, 4) is 0 Å². The molecule has 1 fully saturated rings. The third kappa shape index (κ3) is 7.78. The maximum atomic E-state index is 11.9. The summed E-state index contributed by atoms with van der Waals surface area (Å²) in [6.45, 7) is 3.66. The van der Waals surface area contributed by atoms with E-state index >= 15 is 0 Å². The summed E-state index contributed by atoms with van der Waals surface area (Å²) in [7, 11) is 0. The number of amides is 3. The average molecular weight is 374 g/mol. The van der Waals surface area contributed by atoms with Crippen LogP contribution in [-0.4, -0.2) is 55.3 Å². The van der Waals surface area contributed by atoms with Crippen LogP contribution in [0.5, 0.6) is 0 Å². The number of piperidine rings is 1. The van der Waals surface area contributed by atoms with Crippen LogP contribution in [0.4, 0.5) is 0 Å². The van der Waals surface area contributed by atoms with Crippen LogP contribution in [-0.2, 0) is 9.59 Å². The van der Waals surface area contributed by atoms with Gasteiger partial charge in [0.05, 0.1) is 5.92 Å². The summed E-state index contributed by atoms with van der Waals surface area (Å²) in [4.78, 5) is 37.2. The summed E-state index contributed by atoms with van der Waals surface area (Å²) < 4.78 is 0. The first-order chi connectivity index (χ1) is 13.1. The van der Waals surface area contributed by atoms with E-state index in [1.54, 1.807) is 12.1 Å². The molecule has 1 atom stereocenters. The van der Waals surface area contributed by atoms with Crippen molar-refractivity contribution in [2.24, 2.45) is 11.7 Å². The molecule has 3 amide bonds. The number of nitrogens with two attached hydrogens (primary N) is 1. The summed E-state index contributed by atoms with van der Waals surface area (Å²) in [5, 5.41) is 5.72. The van der Waals surface area contributed by atoms with Crippen LogP contribution in [0.25, 0.3) is 0 Å². The van der Waals surface area contributed by atoms with Crippen LogP contribution in [0.3, 0.4) is 0 Å². The van der Waals surface area contributed by atoms with Gasteiger partial charge >= 0.3 is 0 Å². The molecule has 0 spiro atoms. The Bertz CT molecular complexity index is 621. The highest BCUT2D eigenvalue weighted by molar-refractivity contribution is 5.94. The molecule has 1 saturated heterocycles. The number of likely N-dealkylation sites (tertiary alicyclic amines) is 1. The molecule has 1 unspecified atom stereocenters. The minimum atomic E-state index is -0.215. The summed E-state index contributed by atoms with van der Waals surface area (Å²) in [6, 6.07) is 9.02. The number of hydrogen-bond donors (Lipinski definition) is 3. The number of nitrogens with one attached hydrogen (secondary N) is 2. The molecule has 2 rings (SSSR count). The third-order valence-corrected chi connectivity index (χ3v) is 4.78. The highest BCUT2D eigenvalue weighted by Gasteiger charge is 2.23. The van der Waals surface area contributed by atoms with Crippen LogP contribution in [0.15, 0.2) is 30.3 Å². The Morgan fingerprint density at radius 3 is 2.56 bits per heavy atom. The lowest BCUT2D eigenvalue weighted by molar-refractivity contribution is -0.123. The molecule has 0 bridgehead atoms. The predicted octanol–water partition coefficient (Wildman–Crippen LogP) is 0.900. The first kappa shape index (κ1) is 20.9. The Hall–Kier alpha value is -2.41. The van der Waals surface area contributed by atoms with Gasteiger partial charge in [0.25, 0.3) is 5.91 Å². The number of carbonyl (C=O) groups is 3. The zero-order valence-corrected chi connectivity index (χ0v) is 15.8. The summed E-state index contributed by atoms with van der Waals surface area (Å²) in [5.41, 5.74) is 6.01. The topological polar surface area (TPSA) is 105 Å². The molecule has 1 heterocycles. The average Bonchev–Trinajstić information content (AvgIpc) is 2.69. The largest absolute Gasteiger partial charge is 0.369 e. The summed E-state index contributed by atoms with van der Waals surface area (Å²) in [5.74, 6) is -0.379. The highest BCUT2D eigenvalue weighted by Crippen LogP contribution is 2.15. The van der Waals surface area contributed by atoms with Crippen molar-refractivity contribution in [2.45, 2.75) is 32.1 Å². The van der Waals surface area contributed by atoms with Gasteiger partial charge in [-0.25, -0.2) is 0 Å². The minimum absolute atomic E-state index is 0.00221. The smallest absolute Gasteiger partial charge is 0.251 e. The van der Waals surface area contributed by atoms with E-state index in [0.717, 1.165) is 38.9 Å². The van der Waals surface area contributed by atoms with Gasteiger partial charge in [-0.2, -0.15) is 0 Å². The fourth-order valence-electron chi connectivity index (χ4n) is 3.25. The van der Waals surface area contributed by atoms with E-state index in [4.69, 9.17) is 5.73 Å². The van der Waals surface area contributed by atoms with Crippen molar-refractivity contribution in [3.05, 3.63) is 35.9 Å². The number of nitrogens with zero attached hydrogens (tertiary/aromatic N) is 1. The molecule has 1 aromatic rings. The quantitative estimate of drug-likeness (QED) is 0.529. The second-order valence-corrected chi connectivity index (χ2v) is 6.97. The van der Waals surface area contributed by atoms with Gasteiger partial charge in [0.2, 0.25) is 11.8 Å². The van der Waals surface area contributed by atoms with Crippen molar-refractivity contribution >= 4 is 17.7 Å². The van der Waals surface area contributed by atoms with E-state index in [2.05, 4.69) is 15.5 Å². The molecule has 0 radical (unpaired) electrons. The third-order valence-electron chi connectivity index (χ3n) is 4.78. The standard InChI is InChI=1S/C20H30N4O3/c21-19(26)17-9-5-13-24(15-17)14-6-12-22-18(25)10-4-11-23-20(27)16-7-2-1-3-8-16/h1-3,7-8,17H,4-6,9-15H2,(H2,21,26)(H,22,25)(H,23,27). The van der Waals surface area contributed by atoms with Gasteiger partial charge in [0, 0.05) is 31.6 Å². The monoisotopic (exact) mass is 374 g/mol. The van der Waals surface area contributed by atoms with E-state index in [9.17, 15) is 14.4 Å². The zero-order valence-electron chi connectivity index (χ0n) is 15.8. The van der Waals surface area contributed by atoms with Crippen molar-refractivity contribution in [2.75, 3.05) is 32.7 Å². The zero-order chi connectivity index (χ0) is 19.5. The highest BCUT2D eigenvalue weighted by atomic mass is 16.2. The van der Waals surface area contributed by atoms with Crippen LogP contribution in [0.2, 0.25) is 0 Å². The van der Waals surface area contributed by atoms with Gasteiger partial charge in [0.15, 0.2) is 0 Å². The summed E-state index contributed by atoms with van der Waals surface area (Å²) in [6.07, 6.45) is 3.72. The SMILES string of the molecule is NC(=O)C1CCCN(CCCNC(=O)CCCNC(=O)c2ccccc2)C1. The van der Waals surface area contributed by atoms with Crippen LogP contribution in [0.1, 0.15) is 42.5 Å². The van der Waals surface area contributed by atoms with Crippen LogP contribution < -0.4 is 16.4 Å². The fourth-order valence-corrected chi connectivity index (χ4v) is 3.25. The van der Waals surface area contributed by atoms with Gasteiger partial charge in [-0.15, -0.1) is 0 Å². The Morgan fingerprint density at radius 2 is 1.81 bits per heavy atom. The molecule has 7 nitrogen and oxygen atoms in total. The van der Waals surface area contributed by atoms with E-state index in [0.29, 0.717) is 31.5 Å². The Morgan fingerprint density at radius 1 is 1.07 bits per heavy atom. The fraction of sp³-hybridized carbons (Fsp3) is 0.550. The number of benzene rings is 1. The van der Waals surface area contributed by atoms with Gasteiger partial charge in [0.1, 0.15) is 0 Å². The Labute approximate surface area is 160 Å². The molecule has 4 N–H and O–H groups in total. The van der Waals surface area contributed by atoms with Crippen molar-refractivity contribution in [1.29, 1.82) is 0 Å². The molecule has 1 aliphatic rings. The van der Waals surface area contributed by atoms with Crippen LogP contribution in [0, 0.1) is 5.92 Å². The molecule has 0 saturated carbocycles. The maximum Gasteiger partial charge on any atom is 0.251 e. The minimum Gasteiger partial charge on any atom is -0.369 e. The van der Waals surface area contributed by atoms with E-state index in [-0.39, 0.29) is 23.6 Å². The van der Waals surface area contributed by atoms with Crippen molar-refractivity contribution in [1.82, 2.24) is 15.5 Å². The van der Waals surface area contributed by atoms with E-state index in [1.165, 1.54) is 0 Å². The first-order valence-electron chi connectivity index (χ1n) is 9.68. The molecule has 1 aromatic carbocycles. The normalized spacial score (nSPS) is 17.3. The lowest BCUT2D eigenvalue weighted by Gasteiger charge is -2.31. The van der Waals surface area contributed by atoms with Gasteiger partial charge < -0.3 is 21.3 Å². The predicted molar refractivity (Wildman–Crippen MR) is 104 cm³/mol. The molecular weight excluding hydrogens is 344 g/mol. The van der Waals surface area contributed by atoms with E-state index in [1.807, 2.05) is 18.2 Å². The number of rotatable bonds is 10. The first-order valence-corrected chi connectivity index (χ1v) is 9.68. The Balaban J connectivity index is 1.50. The molecule has 27 heavy (non-hydrogen) atoms. The lowest BCUT2D eigenvalue weighted by atomic mass is 9.97. The van der Waals surface area contributed by atoms with E-state index < -0.39 is 0 Å². The number of primary amides is 1. The molecule has 1 aliphatic heterocycles. The second-order valence-electron chi connectivity index (χ2n) is 6.97. The van der Waals surface area contributed by atoms with Crippen molar-refractivity contribution in [3.63, 3.8) is 0 Å². The van der Waals surface area contributed by atoms with Gasteiger partial charge in [-0.3, -0.25) is 14.4 Å².